The van der Waals surface area contributed by atoms with E-state index in [0.717, 1.165) is 37.4 Å². The first-order chi connectivity index (χ1) is 13.8. The highest BCUT2D eigenvalue weighted by molar-refractivity contribution is 7.98. The molecule has 0 unspecified atom stereocenters. The minimum atomic E-state index is -3.57. The molecule has 2 aliphatic heterocycles. The van der Waals surface area contributed by atoms with Crippen LogP contribution in [0.1, 0.15) is 19.3 Å². The number of thioether (sulfide) groups is 1. The van der Waals surface area contributed by atoms with Gasteiger partial charge >= 0.3 is 0 Å². The van der Waals surface area contributed by atoms with Crippen LogP contribution in [0.25, 0.3) is 0 Å². The van der Waals surface area contributed by atoms with Crippen molar-refractivity contribution in [1.29, 1.82) is 0 Å². The summed E-state index contributed by atoms with van der Waals surface area (Å²) in [6.45, 7) is 3.91. The van der Waals surface area contributed by atoms with E-state index in [2.05, 4.69) is 10.2 Å². The normalized spacial score (nSPS) is 21.4. The molecule has 164 valence electrons. The average Bonchev–Trinajstić information content (AvgIpc) is 2.72. The maximum atomic E-state index is 13.4. The zero-order valence-corrected chi connectivity index (χ0v) is 19.4. The molecule has 3 rings (SSSR count). The molecule has 0 radical (unpaired) electrons. The molecule has 0 atom stereocenters. The van der Waals surface area contributed by atoms with Gasteiger partial charge < -0.3 is 10.2 Å². The number of hydrogen-bond donors (Lipinski definition) is 1. The van der Waals surface area contributed by atoms with Crippen LogP contribution in [-0.2, 0) is 19.9 Å². The second kappa shape index (κ2) is 10.1. The summed E-state index contributed by atoms with van der Waals surface area (Å²) in [6, 6.07) is 7.11. The first-order valence-electron chi connectivity index (χ1n) is 10.1. The zero-order chi connectivity index (χ0) is 20.9. The summed E-state index contributed by atoms with van der Waals surface area (Å²) in [4.78, 5) is 3.51. The zero-order valence-electron chi connectivity index (χ0n) is 16.9. The van der Waals surface area contributed by atoms with E-state index in [1.807, 2.05) is 18.4 Å². The van der Waals surface area contributed by atoms with Crippen LogP contribution in [0.15, 0.2) is 34.1 Å². The quantitative estimate of drug-likeness (QED) is 0.584. The third-order valence-corrected chi connectivity index (χ3v) is 9.99. The molecule has 2 aliphatic rings. The minimum Gasteiger partial charge on any atom is -0.317 e. The molecule has 29 heavy (non-hydrogen) atoms. The largest absolute Gasteiger partial charge is 0.317 e. The summed E-state index contributed by atoms with van der Waals surface area (Å²) >= 11 is 1.59. The van der Waals surface area contributed by atoms with Crippen LogP contribution in [0.2, 0.25) is 0 Å². The third kappa shape index (κ3) is 6.18. The molecule has 0 aliphatic carbocycles. The monoisotopic (exact) mass is 461 g/mol. The number of nitrogens with one attached hydrogen (secondary N) is 1. The molecule has 2 saturated heterocycles. The second-order valence-corrected chi connectivity index (χ2v) is 12.7. The number of hydrogen-bond acceptors (Lipinski definition) is 7. The van der Waals surface area contributed by atoms with Gasteiger partial charge in [0.1, 0.15) is 0 Å². The molecular weight excluding hydrogens is 430 g/mol. The van der Waals surface area contributed by atoms with Crippen LogP contribution >= 0.6 is 11.8 Å². The average molecular weight is 462 g/mol. The highest BCUT2D eigenvalue weighted by Crippen LogP contribution is 2.25. The fourth-order valence-corrected chi connectivity index (χ4v) is 7.31. The summed E-state index contributed by atoms with van der Waals surface area (Å²) < 4.78 is 51.7. The molecule has 0 saturated carbocycles. The highest BCUT2D eigenvalue weighted by atomic mass is 32.2. The molecule has 2 heterocycles. The lowest BCUT2D eigenvalue weighted by atomic mass is 10.1. The van der Waals surface area contributed by atoms with Crippen molar-refractivity contribution in [2.24, 2.45) is 0 Å². The summed E-state index contributed by atoms with van der Waals surface area (Å²) in [5.74, 6) is 0.399. The predicted molar refractivity (Wildman–Crippen MR) is 118 cm³/mol. The number of piperidine rings is 1. The molecule has 0 spiro atoms. The topological polar surface area (TPSA) is 86.8 Å². The Balaban J connectivity index is 1.68. The number of benzene rings is 1. The van der Waals surface area contributed by atoms with Crippen molar-refractivity contribution in [2.45, 2.75) is 35.1 Å². The Morgan fingerprint density at radius 1 is 1.14 bits per heavy atom. The maximum absolute atomic E-state index is 13.4. The Morgan fingerprint density at radius 2 is 1.76 bits per heavy atom. The van der Waals surface area contributed by atoms with E-state index in [4.69, 9.17) is 0 Å². The van der Waals surface area contributed by atoms with E-state index < -0.39 is 19.9 Å². The Hall–Kier alpha value is -0.650. The number of sulfone groups is 1. The summed E-state index contributed by atoms with van der Waals surface area (Å²) in [7, 11) is -6.46. The van der Waals surface area contributed by atoms with Crippen LogP contribution in [0.4, 0.5) is 0 Å². The fraction of sp³-hybridized carbons (Fsp3) is 0.684. The smallest absolute Gasteiger partial charge is 0.243 e. The van der Waals surface area contributed by atoms with E-state index in [9.17, 15) is 16.8 Å². The van der Waals surface area contributed by atoms with Crippen LogP contribution in [-0.4, -0.2) is 89.1 Å². The van der Waals surface area contributed by atoms with Gasteiger partial charge in [0.05, 0.1) is 16.4 Å². The van der Waals surface area contributed by atoms with Crippen LogP contribution in [0.5, 0.6) is 0 Å². The number of sulfonamides is 1. The van der Waals surface area contributed by atoms with Gasteiger partial charge in [0.15, 0.2) is 9.84 Å². The summed E-state index contributed by atoms with van der Waals surface area (Å²) in [5.41, 5.74) is 0. The van der Waals surface area contributed by atoms with Gasteiger partial charge in [-0.15, -0.1) is 11.8 Å². The van der Waals surface area contributed by atoms with E-state index in [1.165, 1.54) is 0 Å². The van der Waals surface area contributed by atoms with Crippen LogP contribution < -0.4 is 5.32 Å². The fourth-order valence-electron chi connectivity index (χ4n) is 3.90. The van der Waals surface area contributed by atoms with Crippen molar-refractivity contribution in [1.82, 2.24) is 14.5 Å². The molecule has 1 aromatic rings. The second-order valence-electron chi connectivity index (χ2n) is 7.62. The van der Waals surface area contributed by atoms with Crippen molar-refractivity contribution in [3.63, 3.8) is 0 Å². The van der Waals surface area contributed by atoms with Crippen molar-refractivity contribution in [3.05, 3.63) is 24.3 Å². The minimum absolute atomic E-state index is 0.00297. The standard InChI is InChI=1S/C19H31N3O4S3/c1-27-18-3-5-19(6-4-18)29(25,26)22(17-7-9-20-10-8-17)12-2-11-21-13-15-28(23,24)16-14-21/h3-6,17,20H,2,7-16H2,1H3. The van der Waals surface area contributed by atoms with E-state index in [-0.39, 0.29) is 17.5 Å². The molecule has 10 heteroatoms. The van der Waals surface area contributed by atoms with Crippen LogP contribution in [0.3, 0.4) is 0 Å². The van der Waals surface area contributed by atoms with Crippen molar-refractivity contribution >= 4 is 31.6 Å². The van der Waals surface area contributed by atoms with Gasteiger partial charge in [-0.3, -0.25) is 0 Å². The molecular formula is C19H31N3O4S3. The lowest BCUT2D eigenvalue weighted by Gasteiger charge is -2.34. The van der Waals surface area contributed by atoms with Crippen molar-refractivity contribution < 1.29 is 16.8 Å². The molecule has 0 bridgehead atoms. The Kier molecular flexibility index (Phi) is 8.02. The van der Waals surface area contributed by atoms with Crippen molar-refractivity contribution in [3.8, 4) is 0 Å². The van der Waals surface area contributed by atoms with Gasteiger partial charge in [0.25, 0.3) is 0 Å². The molecule has 1 aromatic carbocycles. The van der Waals surface area contributed by atoms with Gasteiger partial charge in [-0.25, -0.2) is 16.8 Å². The van der Waals surface area contributed by atoms with Crippen LogP contribution in [0, 0.1) is 0 Å². The first-order valence-corrected chi connectivity index (χ1v) is 14.6. The van der Waals surface area contributed by atoms with E-state index in [1.54, 1.807) is 28.2 Å². The number of rotatable bonds is 8. The van der Waals surface area contributed by atoms with Gasteiger partial charge in [0, 0.05) is 30.6 Å². The SMILES string of the molecule is CSc1ccc(S(=O)(=O)N(CCCN2CCS(=O)(=O)CC2)C2CCNCC2)cc1. The molecule has 0 amide bonds. The first kappa shape index (κ1) is 23.0. The maximum Gasteiger partial charge on any atom is 0.243 e. The van der Waals surface area contributed by atoms with E-state index >= 15 is 0 Å². The van der Waals surface area contributed by atoms with Gasteiger partial charge in [-0.1, -0.05) is 0 Å². The van der Waals surface area contributed by atoms with Gasteiger partial charge in [-0.05, 0) is 69.4 Å². The summed E-state index contributed by atoms with van der Waals surface area (Å²) in [5, 5.41) is 3.30. The Bertz CT molecular complexity index is 852. The van der Waals surface area contributed by atoms with E-state index in [0.29, 0.717) is 31.0 Å². The van der Waals surface area contributed by atoms with Gasteiger partial charge in [-0.2, -0.15) is 4.31 Å². The predicted octanol–water partition coefficient (Wildman–Crippen LogP) is 1.27. The highest BCUT2D eigenvalue weighted by Gasteiger charge is 2.32. The lowest BCUT2D eigenvalue weighted by molar-refractivity contribution is 0.235. The van der Waals surface area contributed by atoms with Crippen molar-refractivity contribution in [2.75, 3.05) is 57.0 Å². The molecule has 0 aromatic heterocycles. The molecule has 2 fully saturated rings. The Morgan fingerprint density at radius 3 is 2.34 bits per heavy atom. The number of nitrogens with zero attached hydrogens (tertiary/aromatic N) is 2. The molecule has 7 nitrogen and oxygen atoms in total. The summed E-state index contributed by atoms with van der Waals surface area (Å²) in [6.07, 6.45) is 4.29. The Labute approximate surface area is 179 Å². The van der Waals surface area contributed by atoms with Gasteiger partial charge in [0.2, 0.25) is 10.0 Å². The molecule has 1 N–H and O–H groups in total. The third-order valence-electron chi connectivity index (χ3n) is 5.67. The lowest BCUT2D eigenvalue weighted by Crippen LogP contribution is -2.47.